The van der Waals surface area contributed by atoms with Gasteiger partial charge in [0.05, 0.1) is 17.1 Å². The molecule has 3 atom stereocenters. The first-order chi connectivity index (χ1) is 15.8. The minimum absolute atomic E-state index is 0.0289. The number of para-hydroxylation sites is 2. The van der Waals surface area contributed by atoms with E-state index < -0.39 is 0 Å². The molecular formula is C26H33N5O2. The number of nitrogens with one attached hydrogen (secondary N) is 1. The average Bonchev–Trinajstić information content (AvgIpc) is 3.11. The van der Waals surface area contributed by atoms with Crippen molar-refractivity contribution in [3.8, 4) is 5.75 Å². The number of imidazole rings is 1. The van der Waals surface area contributed by atoms with Crippen LogP contribution in [0.5, 0.6) is 5.75 Å². The Hall–Kier alpha value is -3.06. The van der Waals surface area contributed by atoms with E-state index in [-0.39, 0.29) is 29.3 Å². The summed E-state index contributed by atoms with van der Waals surface area (Å²) in [5.41, 5.74) is 4.07. The molecule has 2 N–H and O–H groups in total. The number of amides is 2. The van der Waals surface area contributed by atoms with Crippen LogP contribution in [0.25, 0.3) is 11.0 Å². The lowest BCUT2D eigenvalue weighted by Gasteiger charge is -2.51. The number of phenolic OH excluding ortho intramolecular Hbond substituents is 1. The SMILES string of the molecule is CCn1c(NC(=O)N(C)[C@H]2[C@H]3Cc4ccc(O)cc4[C@]2(C)CCCN3C)nc2ccccc21. The number of fused-ring (bicyclic) bond motifs is 5. The van der Waals surface area contributed by atoms with Crippen LogP contribution in [0.3, 0.4) is 0 Å². The van der Waals surface area contributed by atoms with Gasteiger partial charge in [-0.3, -0.25) is 5.32 Å². The first kappa shape index (κ1) is 21.8. The third-order valence-corrected chi connectivity index (χ3v) is 7.86. The van der Waals surface area contributed by atoms with Crippen molar-refractivity contribution < 1.29 is 9.90 Å². The van der Waals surface area contributed by atoms with E-state index >= 15 is 0 Å². The average molecular weight is 448 g/mol. The highest BCUT2D eigenvalue weighted by Gasteiger charge is 2.51. The van der Waals surface area contributed by atoms with Gasteiger partial charge in [-0.05, 0) is 75.2 Å². The van der Waals surface area contributed by atoms with Gasteiger partial charge in [0.2, 0.25) is 5.95 Å². The van der Waals surface area contributed by atoms with Crippen molar-refractivity contribution in [3.63, 3.8) is 0 Å². The van der Waals surface area contributed by atoms with Gasteiger partial charge in [0.1, 0.15) is 5.75 Å². The van der Waals surface area contributed by atoms with Crippen LogP contribution in [0.2, 0.25) is 0 Å². The number of likely N-dealkylation sites (N-methyl/N-ethyl adjacent to an activating group) is 2. The zero-order valence-corrected chi connectivity index (χ0v) is 19.9. The molecule has 2 aliphatic rings. The number of hydrogen-bond donors (Lipinski definition) is 2. The Labute approximate surface area is 195 Å². The molecule has 3 aromatic rings. The molecule has 7 heteroatoms. The molecule has 2 bridgehead atoms. The summed E-state index contributed by atoms with van der Waals surface area (Å²) < 4.78 is 2.04. The molecule has 0 saturated carbocycles. The molecule has 5 rings (SSSR count). The van der Waals surface area contributed by atoms with Gasteiger partial charge in [-0.2, -0.15) is 0 Å². The van der Waals surface area contributed by atoms with Crippen molar-refractivity contribution in [1.82, 2.24) is 19.4 Å². The van der Waals surface area contributed by atoms with Gasteiger partial charge in [0, 0.05) is 25.0 Å². The number of carbonyl (C=O) groups excluding carboxylic acids is 1. The van der Waals surface area contributed by atoms with Crippen LogP contribution in [-0.4, -0.2) is 63.2 Å². The lowest BCUT2D eigenvalue weighted by atomic mass is 9.64. The van der Waals surface area contributed by atoms with Crippen LogP contribution in [0, 0.1) is 0 Å². The molecule has 174 valence electrons. The number of anilines is 1. The zero-order valence-electron chi connectivity index (χ0n) is 19.9. The Kier molecular flexibility index (Phi) is 5.32. The van der Waals surface area contributed by atoms with Crippen molar-refractivity contribution in [2.24, 2.45) is 0 Å². The van der Waals surface area contributed by atoms with Crippen LogP contribution in [0.1, 0.15) is 37.8 Å². The second-order valence-corrected chi connectivity index (χ2v) is 9.77. The van der Waals surface area contributed by atoms with E-state index in [0.717, 1.165) is 43.4 Å². The maximum atomic E-state index is 13.6. The summed E-state index contributed by atoms with van der Waals surface area (Å²) in [5, 5.41) is 13.4. The van der Waals surface area contributed by atoms with E-state index in [1.165, 1.54) is 11.1 Å². The number of likely N-dealkylation sites (tertiary alicyclic amines) is 1. The Bertz CT molecular complexity index is 1200. The number of benzene rings is 2. The van der Waals surface area contributed by atoms with Crippen LogP contribution in [0.15, 0.2) is 42.5 Å². The summed E-state index contributed by atoms with van der Waals surface area (Å²) in [6.07, 6.45) is 2.87. The van der Waals surface area contributed by atoms with Crippen LogP contribution in [-0.2, 0) is 18.4 Å². The molecule has 1 aliphatic carbocycles. The molecule has 0 radical (unpaired) electrons. The predicted molar refractivity (Wildman–Crippen MR) is 131 cm³/mol. The van der Waals surface area contributed by atoms with Crippen LogP contribution >= 0.6 is 0 Å². The predicted octanol–water partition coefficient (Wildman–Crippen LogP) is 4.20. The molecule has 2 aromatic carbocycles. The van der Waals surface area contributed by atoms with Gasteiger partial charge < -0.3 is 19.5 Å². The monoisotopic (exact) mass is 447 g/mol. The van der Waals surface area contributed by atoms with Gasteiger partial charge in [-0.15, -0.1) is 0 Å². The number of rotatable bonds is 3. The van der Waals surface area contributed by atoms with Gasteiger partial charge in [-0.25, -0.2) is 9.78 Å². The van der Waals surface area contributed by atoms with E-state index in [0.29, 0.717) is 5.95 Å². The minimum Gasteiger partial charge on any atom is -0.508 e. The largest absolute Gasteiger partial charge is 0.508 e. The number of aromatic hydroxyl groups is 1. The molecule has 1 aromatic heterocycles. The zero-order chi connectivity index (χ0) is 23.3. The number of aromatic nitrogens is 2. The number of hydrogen-bond acceptors (Lipinski definition) is 4. The molecule has 0 spiro atoms. The maximum absolute atomic E-state index is 13.6. The Morgan fingerprint density at radius 2 is 2.09 bits per heavy atom. The van der Waals surface area contributed by atoms with Crippen LogP contribution in [0.4, 0.5) is 10.7 Å². The Morgan fingerprint density at radius 1 is 1.30 bits per heavy atom. The fourth-order valence-corrected chi connectivity index (χ4v) is 6.22. The number of aryl methyl sites for hydroxylation is 1. The highest BCUT2D eigenvalue weighted by atomic mass is 16.3. The van der Waals surface area contributed by atoms with E-state index in [1.54, 1.807) is 6.07 Å². The topological polar surface area (TPSA) is 73.6 Å². The third-order valence-electron chi connectivity index (χ3n) is 7.86. The molecular weight excluding hydrogens is 414 g/mol. The summed E-state index contributed by atoms with van der Waals surface area (Å²) in [4.78, 5) is 22.6. The molecule has 2 heterocycles. The third kappa shape index (κ3) is 3.46. The van der Waals surface area contributed by atoms with E-state index in [4.69, 9.17) is 0 Å². The fourth-order valence-electron chi connectivity index (χ4n) is 6.22. The van der Waals surface area contributed by atoms with Gasteiger partial charge in [-0.1, -0.05) is 25.1 Å². The summed E-state index contributed by atoms with van der Waals surface area (Å²) in [6, 6.07) is 13.7. The van der Waals surface area contributed by atoms with E-state index in [1.807, 2.05) is 46.8 Å². The lowest BCUT2D eigenvalue weighted by Crippen LogP contribution is -2.62. The van der Waals surface area contributed by atoms with Gasteiger partial charge >= 0.3 is 6.03 Å². The van der Waals surface area contributed by atoms with Gasteiger partial charge in [0.25, 0.3) is 0 Å². The Balaban J connectivity index is 1.52. The second kappa shape index (κ2) is 8.06. The normalized spacial score (nSPS) is 24.8. The van der Waals surface area contributed by atoms with Crippen molar-refractivity contribution in [2.75, 3.05) is 26.0 Å². The molecule has 7 nitrogen and oxygen atoms in total. The van der Waals surface area contributed by atoms with Crippen molar-refractivity contribution in [1.29, 1.82) is 0 Å². The number of nitrogens with zero attached hydrogens (tertiary/aromatic N) is 4. The van der Waals surface area contributed by atoms with Gasteiger partial charge in [0.15, 0.2) is 0 Å². The molecule has 1 aliphatic heterocycles. The highest BCUT2D eigenvalue weighted by Crippen LogP contribution is 2.47. The fraction of sp³-hybridized carbons (Fsp3) is 0.462. The molecule has 1 fully saturated rings. The minimum atomic E-state index is -0.251. The molecule has 33 heavy (non-hydrogen) atoms. The summed E-state index contributed by atoms with van der Waals surface area (Å²) >= 11 is 0. The summed E-state index contributed by atoms with van der Waals surface area (Å²) in [7, 11) is 4.06. The molecule has 0 unspecified atom stereocenters. The van der Waals surface area contributed by atoms with Crippen LogP contribution < -0.4 is 5.32 Å². The molecule has 2 amide bonds. The first-order valence-electron chi connectivity index (χ1n) is 11.8. The second-order valence-electron chi connectivity index (χ2n) is 9.77. The molecule has 1 saturated heterocycles. The summed E-state index contributed by atoms with van der Waals surface area (Å²) in [5.74, 6) is 0.861. The standard InChI is InChI=1S/C26H33N5O2/c1-5-31-21-10-7-6-9-20(21)27-24(31)28-25(33)30(4)23-22-15-17-11-12-18(32)16-19(17)26(23,2)13-8-14-29(22)3/h6-7,9-12,16,22-23,32H,5,8,13-15H2,1-4H3,(H,27,28,33)/t22-,23+,26+/m1/s1. The first-order valence-corrected chi connectivity index (χ1v) is 11.8. The number of carbonyl (C=O) groups is 1. The summed E-state index contributed by atoms with van der Waals surface area (Å²) in [6.45, 7) is 6.03. The van der Waals surface area contributed by atoms with Crippen molar-refractivity contribution >= 4 is 23.0 Å². The van der Waals surface area contributed by atoms with Crippen molar-refractivity contribution in [2.45, 2.75) is 57.2 Å². The van der Waals surface area contributed by atoms with E-state index in [9.17, 15) is 9.90 Å². The number of phenols is 1. The lowest BCUT2D eigenvalue weighted by molar-refractivity contribution is 0.0882. The quantitative estimate of drug-likeness (QED) is 0.631. The maximum Gasteiger partial charge on any atom is 0.324 e. The smallest absolute Gasteiger partial charge is 0.324 e. The van der Waals surface area contributed by atoms with E-state index in [2.05, 4.69) is 42.2 Å². The highest BCUT2D eigenvalue weighted by molar-refractivity contribution is 5.90. The Morgan fingerprint density at radius 3 is 2.88 bits per heavy atom. The number of urea groups is 1. The van der Waals surface area contributed by atoms with Crippen molar-refractivity contribution in [3.05, 3.63) is 53.6 Å².